The van der Waals surface area contributed by atoms with Gasteiger partial charge in [0.15, 0.2) is 0 Å². The molecule has 0 radical (unpaired) electrons. The minimum absolute atomic E-state index is 0.375. The largest absolute Gasteiger partial charge is 0.383 e. The second-order valence-corrected chi connectivity index (χ2v) is 6.87. The number of allylic oxidation sites excluding steroid dienone is 2. The molecule has 1 aromatic carbocycles. The Bertz CT molecular complexity index is 669. The van der Waals surface area contributed by atoms with Crippen molar-refractivity contribution in [1.82, 2.24) is 0 Å². The first-order chi connectivity index (χ1) is 8.57. The molecule has 1 aliphatic heterocycles. The van der Waals surface area contributed by atoms with Crippen molar-refractivity contribution in [1.29, 1.82) is 0 Å². The Morgan fingerprint density at radius 1 is 1.39 bits per heavy atom. The van der Waals surface area contributed by atoms with Crippen LogP contribution in [-0.4, -0.2) is 15.9 Å². The summed E-state index contributed by atoms with van der Waals surface area (Å²) in [5.41, 5.74) is 10.5. The van der Waals surface area contributed by atoms with E-state index in [9.17, 15) is 4.21 Å². The molecule has 0 amide bonds. The minimum atomic E-state index is -2.44. The minimum Gasteiger partial charge on any atom is -0.383 e. The molecule has 1 aromatic rings. The molecule has 0 saturated carbocycles. The lowest BCUT2D eigenvalue weighted by molar-refractivity contribution is 0.681. The smallest absolute Gasteiger partial charge is 0.141 e. The molecule has 1 aliphatic carbocycles. The molecular weight excluding hydrogens is 244 g/mol. The van der Waals surface area contributed by atoms with Crippen molar-refractivity contribution in [3.63, 3.8) is 0 Å². The van der Waals surface area contributed by atoms with Crippen molar-refractivity contribution in [2.75, 3.05) is 0 Å². The van der Waals surface area contributed by atoms with Crippen molar-refractivity contribution in [3.05, 3.63) is 41.0 Å². The van der Waals surface area contributed by atoms with E-state index in [0.29, 0.717) is 11.6 Å². The zero-order chi connectivity index (χ0) is 12.8. The normalized spacial score (nSPS) is 26.4. The standard InChI is InChI=1S/C14H16N2OS/c1-18(17)9-11-7-4-8-12(10-5-2-3-6-10)13(11)14(15)16-18/h4-5,7-8H,1-3,6,9H2,(H2,15,16,17). The van der Waals surface area contributed by atoms with Gasteiger partial charge in [-0.25, -0.2) is 4.21 Å². The van der Waals surface area contributed by atoms with Crippen LogP contribution in [0, 0.1) is 0 Å². The molecule has 0 aromatic heterocycles. The lowest BCUT2D eigenvalue weighted by Crippen LogP contribution is -2.25. The molecular formula is C14H16N2OS. The number of nitrogens with two attached hydrogens (primary N) is 1. The van der Waals surface area contributed by atoms with Gasteiger partial charge in [-0.15, -0.1) is 0 Å². The van der Waals surface area contributed by atoms with Gasteiger partial charge in [0.25, 0.3) is 0 Å². The maximum Gasteiger partial charge on any atom is 0.141 e. The zero-order valence-electron chi connectivity index (χ0n) is 10.2. The Labute approximate surface area is 108 Å². The Morgan fingerprint density at radius 2 is 2.22 bits per heavy atom. The van der Waals surface area contributed by atoms with Crippen molar-refractivity contribution in [3.8, 4) is 0 Å². The molecule has 2 N–H and O–H groups in total. The summed E-state index contributed by atoms with van der Waals surface area (Å²) in [5, 5.41) is 0. The van der Waals surface area contributed by atoms with E-state index in [2.05, 4.69) is 22.4 Å². The molecule has 94 valence electrons. The number of hydrogen-bond donors (Lipinski definition) is 1. The topological polar surface area (TPSA) is 55.5 Å². The molecule has 3 rings (SSSR count). The molecule has 1 atom stereocenters. The molecule has 0 spiro atoms. The quantitative estimate of drug-likeness (QED) is 0.786. The third-order valence-corrected chi connectivity index (χ3v) is 4.73. The van der Waals surface area contributed by atoms with Gasteiger partial charge in [0.2, 0.25) is 0 Å². The fourth-order valence-electron chi connectivity index (χ4n) is 2.71. The lowest BCUT2D eigenvalue weighted by Gasteiger charge is -2.20. The van der Waals surface area contributed by atoms with E-state index in [-0.39, 0.29) is 0 Å². The Morgan fingerprint density at radius 3 is 2.94 bits per heavy atom. The highest BCUT2D eigenvalue weighted by molar-refractivity contribution is 7.98. The van der Waals surface area contributed by atoms with Gasteiger partial charge in [-0.3, -0.25) is 0 Å². The van der Waals surface area contributed by atoms with E-state index in [0.717, 1.165) is 29.5 Å². The highest BCUT2D eigenvalue weighted by atomic mass is 32.2. The number of rotatable bonds is 1. The van der Waals surface area contributed by atoms with Gasteiger partial charge in [-0.2, -0.15) is 4.40 Å². The van der Waals surface area contributed by atoms with Crippen molar-refractivity contribution >= 4 is 27.0 Å². The van der Waals surface area contributed by atoms with Gasteiger partial charge in [-0.05, 0) is 41.8 Å². The number of nitrogens with zero attached hydrogens (tertiary/aromatic N) is 1. The maximum atomic E-state index is 12.0. The molecule has 1 unspecified atom stereocenters. The van der Waals surface area contributed by atoms with E-state index in [1.54, 1.807) is 0 Å². The summed E-state index contributed by atoms with van der Waals surface area (Å²) in [6.07, 6.45) is 5.67. The van der Waals surface area contributed by atoms with E-state index in [4.69, 9.17) is 5.73 Å². The molecule has 18 heavy (non-hydrogen) atoms. The highest BCUT2D eigenvalue weighted by Gasteiger charge is 2.22. The first-order valence-corrected chi connectivity index (χ1v) is 7.94. The van der Waals surface area contributed by atoms with Crippen LogP contribution in [0.25, 0.3) is 5.57 Å². The van der Waals surface area contributed by atoms with E-state index in [1.807, 2.05) is 12.1 Å². The van der Waals surface area contributed by atoms with Gasteiger partial charge >= 0.3 is 0 Å². The summed E-state index contributed by atoms with van der Waals surface area (Å²) >= 11 is 0. The number of benzene rings is 1. The lowest BCUT2D eigenvalue weighted by atomic mass is 9.95. The number of hydrogen-bond acceptors (Lipinski definition) is 2. The van der Waals surface area contributed by atoms with Crippen molar-refractivity contribution < 1.29 is 4.21 Å². The number of fused-ring (bicyclic) bond motifs is 1. The summed E-state index contributed by atoms with van der Waals surface area (Å²) in [4.78, 5) is 0. The van der Waals surface area contributed by atoms with Gasteiger partial charge in [0, 0.05) is 5.56 Å². The van der Waals surface area contributed by atoms with E-state index in [1.165, 1.54) is 12.0 Å². The van der Waals surface area contributed by atoms with Crippen LogP contribution in [0.3, 0.4) is 0 Å². The Hall–Kier alpha value is -1.55. The zero-order valence-corrected chi connectivity index (χ0v) is 11.0. The summed E-state index contributed by atoms with van der Waals surface area (Å²) in [5.74, 6) is 4.42. The van der Waals surface area contributed by atoms with Crippen LogP contribution in [0.1, 0.15) is 36.0 Å². The van der Waals surface area contributed by atoms with Gasteiger partial charge in [0.1, 0.15) is 5.84 Å². The third-order valence-electron chi connectivity index (χ3n) is 3.44. The third kappa shape index (κ3) is 1.86. The van der Waals surface area contributed by atoms with Crippen LogP contribution in [0.4, 0.5) is 0 Å². The van der Waals surface area contributed by atoms with Gasteiger partial charge in [0.05, 0.1) is 15.5 Å². The number of amidine groups is 1. The fraction of sp³-hybridized carbons (Fsp3) is 0.286. The van der Waals surface area contributed by atoms with Crippen LogP contribution < -0.4 is 5.73 Å². The van der Waals surface area contributed by atoms with Crippen LogP contribution >= 0.6 is 0 Å². The first-order valence-electron chi connectivity index (χ1n) is 6.09. The molecule has 3 nitrogen and oxygen atoms in total. The van der Waals surface area contributed by atoms with Crippen molar-refractivity contribution in [2.24, 2.45) is 10.1 Å². The summed E-state index contributed by atoms with van der Waals surface area (Å²) in [7, 11) is -2.44. The monoisotopic (exact) mass is 260 g/mol. The average Bonchev–Trinajstić information content (AvgIpc) is 2.79. The first kappa shape index (κ1) is 11.5. The molecule has 0 bridgehead atoms. The average molecular weight is 260 g/mol. The molecule has 0 fully saturated rings. The second-order valence-electron chi connectivity index (χ2n) is 4.85. The second kappa shape index (κ2) is 3.99. The van der Waals surface area contributed by atoms with E-state index < -0.39 is 9.71 Å². The van der Waals surface area contributed by atoms with Crippen LogP contribution in [0.5, 0.6) is 0 Å². The van der Waals surface area contributed by atoms with Crippen molar-refractivity contribution in [2.45, 2.75) is 25.0 Å². The molecule has 0 saturated heterocycles. The predicted molar refractivity (Wildman–Crippen MR) is 78.0 cm³/mol. The van der Waals surface area contributed by atoms with Crippen LogP contribution in [0.2, 0.25) is 0 Å². The summed E-state index contributed by atoms with van der Waals surface area (Å²) in [6, 6.07) is 6.05. The highest BCUT2D eigenvalue weighted by Crippen LogP contribution is 2.33. The molecule has 1 heterocycles. The van der Waals surface area contributed by atoms with Crippen LogP contribution in [0.15, 0.2) is 28.7 Å². The van der Waals surface area contributed by atoms with Gasteiger partial charge < -0.3 is 5.73 Å². The van der Waals surface area contributed by atoms with Gasteiger partial charge in [-0.1, -0.05) is 24.3 Å². The predicted octanol–water partition coefficient (Wildman–Crippen LogP) is 2.10. The fourth-order valence-corrected chi connectivity index (χ4v) is 3.95. The van der Waals surface area contributed by atoms with E-state index >= 15 is 0 Å². The summed E-state index contributed by atoms with van der Waals surface area (Å²) < 4.78 is 16.1. The molecule has 2 aliphatic rings. The SMILES string of the molecule is C=S1(=O)Cc2cccc(C3=CCCC3)c2C(N)=N1. The Balaban J connectivity index is 2.21. The maximum absolute atomic E-state index is 12.0. The van der Waals surface area contributed by atoms with Crippen LogP contribution in [-0.2, 0) is 15.5 Å². The summed E-state index contributed by atoms with van der Waals surface area (Å²) in [6.45, 7) is 0. The molecule has 4 heteroatoms. The Kier molecular flexibility index (Phi) is 2.55.